The second-order valence-corrected chi connectivity index (χ2v) is 8.93. The second-order valence-electron chi connectivity index (χ2n) is 7.83. The molecule has 2 aromatic rings. The SMILES string of the molecule is CCC(C)(C)[C@H]1CCc2c(sc3c2C(=O)N[C@@H](c2cccnc2)N3)C1. The fourth-order valence-electron chi connectivity index (χ4n) is 3.97. The molecule has 1 amide bonds. The lowest BCUT2D eigenvalue weighted by molar-refractivity contribution is 0.0934. The molecule has 0 aromatic carbocycles. The fraction of sp³-hybridized carbons (Fsp3) is 0.500. The van der Waals surface area contributed by atoms with Crippen molar-refractivity contribution in [1.82, 2.24) is 10.3 Å². The molecule has 0 unspecified atom stereocenters. The third-order valence-electron chi connectivity index (χ3n) is 6.08. The van der Waals surface area contributed by atoms with Gasteiger partial charge in [0.25, 0.3) is 5.91 Å². The number of hydrogen-bond donors (Lipinski definition) is 2. The van der Waals surface area contributed by atoms with Gasteiger partial charge in [0, 0.05) is 22.8 Å². The lowest BCUT2D eigenvalue weighted by Crippen LogP contribution is -2.38. The summed E-state index contributed by atoms with van der Waals surface area (Å²) in [6.07, 6.45) is 7.84. The van der Waals surface area contributed by atoms with E-state index in [9.17, 15) is 4.79 Å². The number of anilines is 1. The van der Waals surface area contributed by atoms with Gasteiger partial charge in [-0.05, 0) is 42.2 Å². The number of thiophene rings is 1. The first-order valence-electron chi connectivity index (χ1n) is 9.11. The number of nitrogens with zero attached hydrogens (tertiary/aromatic N) is 1. The molecule has 5 heteroatoms. The molecule has 2 N–H and O–H groups in total. The summed E-state index contributed by atoms with van der Waals surface area (Å²) in [6, 6.07) is 3.89. The maximum Gasteiger partial charge on any atom is 0.256 e. The minimum atomic E-state index is -0.198. The van der Waals surface area contributed by atoms with E-state index in [2.05, 4.69) is 36.4 Å². The van der Waals surface area contributed by atoms with Crippen LogP contribution in [0.2, 0.25) is 0 Å². The lowest BCUT2D eigenvalue weighted by Gasteiger charge is -2.36. The Kier molecular flexibility index (Phi) is 4.07. The molecule has 1 aliphatic heterocycles. The topological polar surface area (TPSA) is 54.0 Å². The van der Waals surface area contributed by atoms with Crippen molar-refractivity contribution in [3.63, 3.8) is 0 Å². The summed E-state index contributed by atoms with van der Waals surface area (Å²) >= 11 is 1.78. The maximum absolute atomic E-state index is 12.8. The van der Waals surface area contributed by atoms with Crippen molar-refractivity contribution in [1.29, 1.82) is 0 Å². The van der Waals surface area contributed by atoms with Crippen LogP contribution < -0.4 is 10.6 Å². The zero-order valence-corrected chi connectivity index (χ0v) is 15.9. The molecule has 25 heavy (non-hydrogen) atoms. The number of nitrogens with one attached hydrogen (secondary N) is 2. The summed E-state index contributed by atoms with van der Waals surface area (Å²) in [5, 5.41) is 7.63. The molecule has 2 aliphatic rings. The number of amides is 1. The quantitative estimate of drug-likeness (QED) is 0.850. The van der Waals surface area contributed by atoms with Crippen LogP contribution in [0.15, 0.2) is 24.5 Å². The first-order valence-corrected chi connectivity index (χ1v) is 9.93. The van der Waals surface area contributed by atoms with Crippen LogP contribution in [-0.4, -0.2) is 10.9 Å². The van der Waals surface area contributed by atoms with Crippen LogP contribution in [0.4, 0.5) is 5.00 Å². The summed E-state index contributed by atoms with van der Waals surface area (Å²) in [7, 11) is 0. The predicted molar refractivity (Wildman–Crippen MR) is 102 cm³/mol. The molecule has 0 bridgehead atoms. The highest BCUT2D eigenvalue weighted by atomic mass is 32.1. The highest BCUT2D eigenvalue weighted by molar-refractivity contribution is 7.16. The van der Waals surface area contributed by atoms with Gasteiger partial charge in [-0.3, -0.25) is 9.78 Å². The number of carbonyl (C=O) groups is 1. The summed E-state index contributed by atoms with van der Waals surface area (Å²) in [6.45, 7) is 7.03. The van der Waals surface area contributed by atoms with Crippen molar-refractivity contribution in [2.45, 2.75) is 52.6 Å². The minimum Gasteiger partial charge on any atom is -0.353 e. The first-order chi connectivity index (χ1) is 12.0. The van der Waals surface area contributed by atoms with E-state index in [4.69, 9.17) is 0 Å². The van der Waals surface area contributed by atoms with Crippen molar-refractivity contribution in [2.24, 2.45) is 11.3 Å². The van der Waals surface area contributed by atoms with Gasteiger partial charge >= 0.3 is 0 Å². The zero-order valence-electron chi connectivity index (χ0n) is 15.1. The Balaban J connectivity index is 1.64. The summed E-state index contributed by atoms with van der Waals surface area (Å²) in [4.78, 5) is 18.3. The number of rotatable bonds is 3. The lowest BCUT2D eigenvalue weighted by atomic mass is 9.69. The summed E-state index contributed by atoms with van der Waals surface area (Å²) in [5.74, 6) is 0.746. The van der Waals surface area contributed by atoms with E-state index in [1.807, 2.05) is 12.1 Å². The van der Waals surface area contributed by atoms with E-state index in [0.717, 1.165) is 29.0 Å². The van der Waals surface area contributed by atoms with Crippen molar-refractivity contribution in [2.75, 3.05) is 5.32 Å². The molecule has 0 radical (unpaired) electrons. The Morgan fingerprint density at radius 2 is 2.20 bits per heavy atom. The third-order valence-corrected chi connectivity index (χ3v) is 7.26. The number of pyridine rings is 1. The third kappa shape index (κ3) is 2.84. The molecule has 2 atom stereocenters. The maximum atomic E-state index is 12.8. The Morgan fingerprint density at radius 3 is 2.92 bits per heavy atom. The van der Waals surface area contributed by atoms with E-state index < -0.39 is 0 Å². The number of hydrogen-bond acceptors (Lipinski definition) is 4. The van der Waals surface area contributed by atoms with Gasteiger partial charge < -0.3 is 10.6 Å². The highest BCUT2D eigenvalue weighted by Crippen LogP contribution is 2.46. The van der Waals surface area contributed by atoms with E-state index in [-0.39, 0.29) is 12.1 Å². The smallest absolute Gasteiger partial charge is 0.256 e. The van der Waals surface area contributed by atoms with Crippen LogP contribution in [0.25, 0.3) is 0 Å². The Labute approximate surface area is 153 Å². The van der Waals surface area contributed by atoms with E-state index in [1.54, 1.807) is 23.7 Å². The van der Waals surface area contributed by atoms with Crippen molar-refractivity contribution in [3.8, 4) is 0 Å². The fourth-order valence-corrected chi connectivity index (χ4v) is 5.32. The Morgan fingerprint density at radius 1 is 1.36 bits per heavy atom. The molecule has 0 saturated carbocycles. The summed E-state index contributed by atoms with van der Waals surface area (Å²) in [5.41, 5.74) is 3.50. The van der Waals surface area contributed by atoms with Gasteiger partial charge in [-0.15, -0.1) is 11.3 Å². The Bertz CT molecular complexity index is 797. The largest absolute Gasteiger partial charge is 0.353 e. The van der Waals surface area contributed by atoms with Crippen molar-refractivity contribution >= 4 is 22.2 Å². The molecule has 4 rings (SSSR count). The molecule has 0 fully saturated rings. The van der Waals surface area contributed by atoms with Gasteiger partial charge in [0.05, 0.1) is 5.56 Å². The summed E-state index contributed by atoms with van der Waals surface area (Å²) < 4.78 is 0. The van der Waals surface area contributed by atoms with Crippen LogP contribution in [0.5, 0.6) is 0 Å². The number of fused-ring (bicyclic) bond motifs is 3. The van der Waals surface area contributed by atoms with E-state index in [0.29, 0.717) is 11.3 Å². The average Bonchev–Trinajstić information content (AvgIpc) is 3.00. The van der Waals surface area contributed by atoms with Crippen LogP contribution in [0.3, 0.4) is 0 Å². The standard InChI is InChI=1S/C20H25N3OS/c1-4-20(2,3)13-7-8-14-15(10-13)25-19-16(14)18(24)22-17(23-19)12-6-5-9-21-11-12/h5-6,9,11,13,17,23H,4,7-8,10H2,1-3H3,(H,22,24)/t13-,17+/m0/s1. The molecule has 1 aliphatic carbocycles. The normalized spacial score (nSPS) is 22.6. The van der Waals surface area contributed by atoms with Gasteiger partial charge in [0.2, 0.25) is 0 Å². The zero-order chi connectivity index (χ0) is 17.6. The minimum absolute atomic E-state index is 0.0494. The molecule has 132 valence electrons. The predicted octanol–water partition coefficient (Wildman–Crippen LogP) is 4.54. The highest BCUT2D eigenvalue weighted by Gasteiger charge is 2.37. The monoisotopic (exact) mass is 355 g/mol. The number of carbonyl (C=O) groups excluding carboxylic acids is 1. The first kappa shape index (κ1) is 16.6. The van der Waals surface area contributed by atoms with Crippen LogP contribution in [-0.2, 0) is 12.8 Å². The van der Waals surface area contributed by atoms with E-state index >= 15 is 0 Å². The van der Waals surface area contributed by atoms with Gasteiger partial charge in [0.1, 0.15) is 11.2 Å². The van der Waals surface area contributed by atoms with Gasteiger partial charge in [-0.1, -0.05) is 33.3 Å². The van der Waals surface area contributed by atoms with Crippen LogP contribution in [0, 0.1) is 11.3 Å². The molecular weight excluding hydrogens is 330 g/mol. The number of aromatic nitrogens is 1. The van der Waals surface area contributed by atoms with Crippen molar-refractivity contribution in [3.05, 3.63) is 46.1 Å². The Hall–Kier alpha value is -1.88. The molecule has 3 heterocycles. The second kappa shape index (κ2) is 6.13. The molecule has 2 aromatic heterocycles. The molecule has 4 nitrogen and oxygen atoms in total. The average molecular weight is 356 g/mol. The van der Waals surface area contributed by atoms with Gasteiger partial charge in [-0.2, -0.15) is 0 Å². The van der Waals surface area contributed by atoms with Crippen molar-refractivity contribution < 1.29 is 4.79 Å². The van der Waals surface area contributed by atoms with E-state index in [1.165, 1.54) is 23.3 Å². The molecule has 0 spiro atoms. The van der Waals surface area contributed by atoms with Gasteiger partial charge in [0.15, 0.2) is 0 Å². The van der Waals surface area contributed by atoms with Crippen LogP contribution in [0.1, 0.15) is 66.1 Å². The molecular formula is C20H25N3OS. The molecule has 0 saturated heterocycles. The van der Waals surface area contributed by atoms with Crippen LogP contribution >= 0.6 is 11.3 Å². The van der Waals surface area contributed by atoms with Gasteiger partial charge in [-0.25, -0.2) is 0 Å².